The summed E-state index contributed by atoms with van der Waals surface area (Å²) in [6, 6.07) is 15.9. The summed E-state index contributed by atoms with van der Waals surface area (Å²) in [4.78, 5) is 26.5. The molecule has 0 saturated heterocycles. The van der Waals surface area contributed by atoms with Crippen LogP contribution in [0.4, 0.5) is 5.69 Å². The molecule has 0 unspecified atom stereocenters. The van der Waals surface area contributed by atoms with Gasteiger partial charge in [0.05, 0.1) is 11.3 Å². The Balaban J connectivity index is 2.08. The van der Waals surface area contributed by atoms with Gasteiger partial charge in [-0.1, -0.05) is 30.3 Å². The van der Waals surface area contributed by atoms with Gasteiger partial charge < -0.3 is 15.5 Å². The zero-order valence-electron chi connectivity index (χ0n) is 13.4. The van der Waals surface area contributed by atoms with Crippen LogP contribution in [0.2, 0.25) is 0 Å². The molecular weight excluding hydrogens is 290 g/mol. The Morgan fingerprint density at radius 3 is 2.26 bits per heavy atom. The van der Waals surface area contributed by atoms with Crippen molar-refractivity contribution < 1.29 is 9.59 Å². The Hall–Kier alpha value is -2.66. The highest BCUT2D eigenvalue weighted by atomic mass is 16.2. The van der Waals surface area contributed by atoms with Gasteiger partial charge in [-0.3, -0.25) is 9.59 Å². The van der Waals surface area contributed by atoms with Gasteiger partial charge in [-0.05, 0) is 38.4 Å². The largest absolute Gasteiger partial charge is 0.351 e. The number of benzene rings is 2. The molecule has 0 saturated carbocycles. The first-order valence-corrected chi connectivity index (χ1v) is 7.46. The van der Waals surface area contributed by atoms with Crippen molar-refractivity contribution in [2.75, 3.05) is 32.5 Å². The molecular formula is C18H21N3O2. The minimum atomic E-state index is -0.237. The molecule has 2 N–H and O–H groups in total. The second kappa shape index (κ2) is 8.10. The van der Waals surface area contributed by atoms with Gasteiger partial charge in [0, 0.05) is 18.7 Å². The molecule has 0 aliphatic rings. The lowest BCUT2D eigenvalue weighted by molar-refractivity contribution is 0.0952. The fraction of sp³-hybridized carbons (Fsp3) is 0.222. The summed E-state index contributed by atoms with van der Waals surface area (Å²) < 4.78 is 0. The standard InChI is InChI=1S/C18H21N3O2/c1-21(2)13-12-19-18(23)15-10-6-7-11-16(15)20-17(22)14-8-4-3-5-9-14/h3-11H,12-13H2,1-2H3,(H,19,23)(H,20,22). The fourth-order valence-corrected chi connectivity index (χ4v) is 2.06. The van der Waals surface area contributed by atoms with E-state index in [4.69, 9.17) is 0 Å². The van der Waals surface area contributed by atoms with E-state index in [1.807, 2.05) is 25.1 Å². The molecule has 0 spiro atoms. The number of amides is 2. The first-order valence-electron chi connectivity index (χ1n) is 7.46. The van der Waals surface area contributed by atoms with Gasteiger partial charge >= 0.3 is 0 Å². The minimum absolute atomic E-state index is 0.198. The lowest BCUT2D eigenvalue weighted by atomic mass is 10.1. The molecule has 0 aliphatic heterocycles. The van der Waals surface area contributed by atoms with Crippen LogP contribution >= 0.6 is 0 Å². The summed E-state index contributed by atoms with van der Waals surface area (Å²) in [5, 5.41) is 5.65. The van der Waals surface area contributed by atoms with Crippen molar-refractivity contribution in [1.82, 2.24) is 10.2 Å². The number of carbonyl (C=O) groups excluding carboxylic acids is 2. The Morgan fingerprint density at radius 1 is 0.913 bits per heavy atom. The van der Waals surface area contributed by atoms with Crippen molar-refractivity contribution in [2.45, 2.75) is 0 Å². The van der Waals surface area contributed by atoms with Gasteiger partial charge in [-0.25, -0.2) is 0 Å². The molecule has 0 aliphatic carbocycles. The lowest BCUT2D eigenvalue weighted by Gasteiger charge is -2.13. The van der Waals surface area contributed by atoms with E-state index in [1.54, 1.807) is 48.5 Å². The van der Waals surface area contributed by atoms with Gasteiger partial charge in [0.25, 0.3) is 11.8 Å². The van der Waals surface area contributed by atoms with E-state index in [0.29, 0.717) is 23.4 Å². The third-order valence-electron chi connectivity index (χ3n) is 3.30. The second-order valence-corrected chi connectivity index (χ2v) is 5.42. The number of carbonyl (C=O) groups is 2. The van der Waals surface area contributed by atoms with Crippen LogP contribution in [0.3, 0.4) is 0 Å². The number of para-hydroxylation sites is 1. The number of nitrogens with one attached hydrogen (secondary N) is 2. The van der Waals surface area contributed by atoms with Crippen LogP contribution in [0.1, 0.15) is 20.7 Å². The van der Waals surface area contributed by atoms with Gasteiger partial charge in [-0.15, -0.1) is 0 Å². The van der Waals surface area contributed by atoms with Crippen molar-refractivity contribution in [1.29, 1.82) is 0 Å². The Morgan fingerprint density at radius 2 is 1.57 bits per heavy atom. The van der Waals surface area contributed by atoms with Crippen LogP contribution in [0.15, 0.2) is 54.6 Å². The highest BCUT2D eigenvalue weighted by molar-refractivity contribution is 6.08. The zero-order chi connectivity index (χ0) is 16.7. The van der Waals surface area contributed by atoms with Crippen LogP contribution in [0, 0.1) is 0 Å². The van der Waals surface area contributed by atoms with E-state index in [-0.39, 0.29) is 11.8 Å². The Bertz CT molecular complexity index is 669. The van der Waals surface area contributed by atoms with Crippen molar-refractivity contribution in [3.8, 4) is 0 Å². The maximum absolute atomic E-state index is 12.3. The predicted octanol–water partition coefficient (Wildman–Crippen LogP) is 2.23. The zero-order valence-corrected chi connectivity index (χ0v) is 13.4. The minimum Gasteiger partial charge on any atom is -0.351 e. The number of hydrogen-bond acceptors (Lipinski definition) is 3. The number of likely N-dealkylation sites (N-methyl/N-ethyl adjacent to an activating group) is 1. The van der Waals surface area contributed by atoms with Crippen molar-refractivity contribution in [2.24, 2.45) is 0 Å². The molecule has 2 rings (SSSR count). The summed E-state index contributed by atoms with van der Waals surface area (Å²) in [6.45, 7) is 1.30. The highest BCUT2D eigenvalue weighted by Gasteiger charge is 2.13. The van der Waals surface area contributed by atoms with Crippen LogP contribution in [-0.4, -0.2) is 43.9 Å². The quantitative estimate of drug-likeness (QED) is 0.860. The van der Waals surface area contributed by atoms with Gasteiger partial charge in [0.2, 0.25) is 0 Å². The fourth-order valence-electron chi connectivity index (χ4n) is 2.06. The summed E-state index contributed by atoms with van der Waals surface area (Å²) in [6.07, 6.45) is 0. The van der Waals surface area contributed by atoms with Gasteiger partial charge in [-0.2, -0.15) is 0 Å². The summed E-state index contributed by atoms with van der Waals surface area (Å²) >= 11 is 0. The first-order chi connectivity index (χ1) is 11.1. The monoisotopic (exact) mass is 311 g/mol. The number of rotatable bonds is 6. The predicted molar refractivity (Wildman–Crippen MR) is 91.7 cm³/mol. The molecule has 2 aromatic rings. The van der Waals surface area contributed by atoms with Crippen LogP contribution in [0.25, 0.3) is 0 Å². The van der Waals surface area contributed by atoms with E-state index in [1.165, 1.54) is 0 Å². The van der Waals surface area contributed by atoms with Crippen LogP contribution in [-0.2, 0) is 0 Å². The molecule has 23 heavy (non-hydrogen) atoms. The summed E-state index contributed by atoms with van der Waals surface area (Å²) in [5.74, 6) is -0.435. The maximum Gasteiger partial charge on any atom is 0.255 e. The highest BCUT2D eigenvalue weighted by Crippen LogP contribution is 2.16. The average Bonchev–Trinajstić information content (AvgIpc) is 2.55. The molecule has 5 nitrogen and oxygen atoms in total. The molecule has 120 valence electrons. The van der Waals surface area contributed by atoms with E-state index < -0.39 is 0 Å². The third-order valence-corrected chi connectivity index (χ3v) is 3.30. The first kappa shape index (κ1) is 16.7. The number of hydrogen-bond donors (Lipinski definition) is 2. The summed E-state index contributed by atoms with van der Waals surface area (Å²) in [5.41, 5.74) is 1.51. The maximum atomic E-state index is 12.3. The van der Waals surface area contributed by atoms with Crippen LogP contribution in [0.5, 0.6) is 0 Å². The molecule has 0 fully saturated rings. The SMILES string of the molecule is CN(C)CCNC(=O)c1ccccc1NC(=O)c1ccccc1. The molecule has 0 bridgehead atoms. The average molecular weight is 311 g/mol. The molecule has 5 heteroatoms. The van der Waals surface area contributed by atoms with Crippen molar-refractivity contribution in [3.63, 3.8) is 0 Å². The molecule has 0 atom stereocenters. The van der Waals surface area contributed by atoms with Gasteiger partial charge in [0.1, 0.15) is 0 Å². The molecule has 0 aromatic heterocycles. The third kappa shape index (κ3) is 4.93. The number of nitrogens with zero attached hydrogens (tertiary/aromatic N) is 1. The van der Waals surface area contributed by atoms with E-state index in [9.17, 15) is 9.59 Å². The summed E-state index contributed by atoms with van der Waals surface area (Å²) in [7, 11) is 3.89. The van der Waals surface area contributed by atoms with Crippen LogP contribution < -0.4 is 10.6 Å². The Labute approximate surface area is 136 Å². The smallest absolute Gasteiger partial charge is 0.255 e. The topological polar surface area (TPSA) is 61.4 Å². The molecule has 2 aromatic carbocycles. The van der Waals surface area contributed by atoms with Crippen molar-refractivity contribution >= 4 is 17.5 Å². The van der Waals surface area contributed by atoms with E-state index >= 15 is 0 Å². The molecule has 2 amide bonds. The lowest BCUT2D eigenvalue weighted by Crippen LogP contribution is -2.32. The number of anilines is 1. The van der Waals surface area contributed by atoms with Crippen molar-refractivity contribution in [3.05, 3.63) is 65.7 Å². The van der Waals surface area contributed by atoms with E-state index in [2.05, 4.69) is 10.6 Å². The van der Waals surface area contributed by atoms with Gasteiger partial charge in [0.15, 0.2) is 0 Å². The molecule has 0 radical (unpaired) electrons. The second-order valence-electron chi connectivity index (χ2n) is 5.42. The Kier molecular flexibility index (Phi) is 5.88. The normalized spacial score (nSPS) is 10.4. The molecule has 0 heterocycles. The van der Waals surface area contributed by atoms with E-state index in [0.717, 1.165) is 6.54 Å².